The Kier molecular flexibility index (Phi) is 7.65. The quantitative estimate of drug-likeness (QED) is 0.725. The Labute approximate surface area is 158 Å². The number of rotatable bonds is 7. The zero-order valence-corrected chi connectivity index (χ0v) is 15.3. The largest absolute Gasteiger partial charge is 0.351 e. The third-order valence-corrected chi connectivity index (χ3v) is 3.70. The summed E-state index contributed by atoms with van der Waals surface area (Å²) < 4.78 is 0. The van der Waals surface area contributed by atoms with Crippen LogP contribution < -0.4 is 10.6 Å². The topological polar surface area (TPSA) is 58.2 Å². The number of amides is 2. The Morgan fingerprint density at radius 1 is 1.00 bits per heavy atom. The normalized spacial score (nSPS) is 11.4. The van der Waals surface area contributed by atoms with Gasteiger partial charge in [-0.05, 0) is 41.8 Å². The Hall–Kier alpha value is -2.85. The van der Waals surface area contributed by atoms with Gasteiger partial charge in [0, 0.05) is 17.6 Å². The van der Waals surface area contributed by atoms with Crippen molar-refractivity contribution in [2.45, 2.75) is 13.3 Å². The minimum Gasteiger partial charge on any atom is -0.351 e. The summed E-state index contributed by atoms with van der Waals surface area (Å²) in [6, 6.07) is 16.5. The van der Waals surface area contributed by atoms with Crippen LogP contribution in [-0.4, -0.2) is 18.4 Å². The van der Waals surface area contributed by atoms with Crippen LogP contribution in [0.25, 0.3) is 12.2 Å². The molecule has 5 heteroatoms. The number of benzene rings is 2. The Bertz CT molecular complexity index is 797. The molecule has 0 heterocycles. The summed E-state index contributed by atoms with van der Waals surface area (Å²) >= 11 is 5.84. The molecule has 0 aliphatic carbocycles. The first-order valence-electron chi connectivity index (χ1n) is 8.38. The van der Waals surface area contributed by atoms with Gasteiger partial charge in [-0.25, -0.2) is 0 Å². The molecule has 2 aromatic carbocycles. The Morgan fingerprint density at radius 3 is 2.35 bits per heavy atom. The Balaban J connectivity index is 2.12. The lowest BCUT2D eigenvalue weighted by Gasteiger charge is -2.09. The maximum Gasteiger partial charge on any atom is 0.267 e. The summed E-state index contributed by atoms with van der Waals surface area (Å²) in [6.45, 7) is 2.51. The molecule has 0 aromatic heterocycles. The summed E-state index contributed by atoms with van der Waals surface area (Å²) in [5, 5.41) is 6.06. The van der Waals surface area contributed by atoms with E-state index in [0.29, 0.717) is 11.6 Å². The number of carbonyl (C=O) groups is 2. The van der Waals surface area contributed by atoms with Gasteiger partial charge in [0.25, 0.3) is 5.91 Å². The monoisotopic (exact) mass is 368 g/mol. The molecule has 0 radical (unpaired) electrons. The second-order valence-electron chi connectivity index (χ2n) is 5.60. The number of hydrogen-bond acceptors (Lipinski definition) is 2. The summed E-state index contributed by atoms with van der Waals surface area (Å²) in [4.78, 5) is 24.5. The van der Waals surface area contributed by atoms with Crippen LogP contribution in [0.1, 0.15) is 24.5 Å². The van der Waals surface area contributed by atoms with Crippen molar-refractivity contribution in [3.05, 3.63) is 82.5 Å². The molecular weight excluding hydrogens is 348 g/mol. The van der Waals surface area contributed by atoms with E-state index in [1.807, 2.05) is 37.3 Å². The highest BCUT2D eigenvalue weighted by Gasteiger charge is 2.11. The molecule has 0 saturated heterocycles. The van der Waals surface area contributed by atoms with Crippen LogP contribution in [0.3, 0.4) is 0 Å². The molecule has 0 spiro atoms. The van der Waals surface area contributed by atoms with Gasteiger partial charge in [-0.15, -0.1) is 0 Å². The van der Waals surface area contributed by atoms with Gasteiger partial charge in [-0.2, -0.15) is 0 Å². The predicted molar refractivity (Wildman–Crippen MR) is 106 cm³/mol. The van der Waals surface area contributed by atoms with Crippen molar-refractivity contribution in [1.82, 2.24) is 10.6 Å². The van der Waals surface area contributed by atoms with Gasteiger partial charge in [0.1, 0.15) is 5.70 Å². The molecule has 26 heavy (non-hydrogen) atoms. The van der Waals surface area contributed by atoms with E-state index in [0.717, 1.165) is 17.5 Å². The zero-order valence-electron chi connectivity index (χ0n) is 14.5. The second kappa shape index (κ2) is 10.2. The minimum atomic E-state index is -0.381. The van der Waals surface area contributed by atoms with Crippen LogP contribution in [0.4, 0.5) is 0 Å². The number of nitrogens with one attached hydrogen (secondary N) is 2. The fourth-order valence-corrected chi connectivity index (χ4v) is 2.25. The molecule has 0 aliphatic rings. The van der Waals surface area contributed by atoms with E-state index in [1.165, 1.54) is 6.08 Å². The fourth-order valence-electron chi connectivity index (χ4n) is 2.13. The summed E-state index contributed by atoms with van der Waals surface area (Å²) in [5.41, 5.74) is 1.88. The van der Waals surface area contributed by atoms with Crippen molar-refractivity contribution in [2.24, 2.45) is 0 Å². The van der Waals surface area contributed by atoms with Crippen LogP contribution in [0, 0.1) is 0 Å². The molecule has 2 rings (SSSR count). The first-order chi connectivity index (χ1) is 12.6. The van der Waals surface area contributed by atoms with Crippen molar-refractivity contribution in [2.75, 3.05) is 6.54 Å². The van der Waals surface area contributed by atoms with Gasteiger partial charge in [-0.3, -0.25) is 9.59 Å². The van der Waals surface area contributed by atoms with Crippen LogP contribution in [0.5, 0.6) is 0 Å². The van der Waals surface area contributed by atoms with Crippen molar-refractivity contribution in [1.29, 1.82) is 0 Å². The maximum atomic E-state index is 12.3. The molecule has 2 aromatic rings. The minimum absolute atomic E-state index is 0.204. The molecule has 4 nitrogen and oxygen atoms in total. The highest BCUT2D eigenvalue weighted by molar-refractivity contribution is 6.30. The number of carbonyl (C=O) groups excluding carboxylic acids is 2. The van der Waals surface area contributed by atoms with Crippen LogP contribution in [0.2, 0.25) is 5.02 Å². The molecule has 0 bridgehead atoms. The average molecular weight is 369 g/mol. The van der Waals surface area contributed by atoms with E-state index in [2.05, 4.69) is 10.6 Å². The molecular formula is C21H21ClN2O2. The Morgan fingerprint density at radius 2 is 1.69 bits per heavy atom. The first-order valence-corrected chi connectivity index (χ1v) is 8.76. The SMILES string of the molecule is CCCNC(=O)/C(=C/c1ccccc1)NC(=O)/C=C/c1ccc(Cl)cc1. The maximum absolute atomic E-state index is 12.3. The lowest BCUT2D eigenvalue weighted by molar-refractivity contribution is -0.121. The molecule has 0 fully saturated rings. The molecule has 0 saturated carbocycles. The van der Waals surface area contributed by atoms with Crippen molar-refractivity contribution >= 4 is 35.6 Å². The van der Waals surface area contributed by atoms with Crippen LogP contribution in [0.15, 0.2) is 66.4 Å². The van der Waals surface area contributed by atoms with Gasteiger partial charge in [-0.1, -0.05) is 61.0 Å². The van der Waals surface area contributed by atoms with Crippen molar-refractivity contribution in [3.63, 3.8) is 0 Å². The molecule has 0 atom stereocenters. The molecule has 0 unspecified atom stereocenters. The molecule has 2 N–H and O–H groups in total. The van der Waals surface area contributed by atoms with Gasteiger partial charge < -0.3 is 10.6 Å². The van der Waals surface area contributed by atoms with Gasteiger partial charge in [0.2, 0.25) is 5.91 Å². The lowest BCUT2D eigenvalue weighted by atomic mass is 10.2. The van der Waals surface area contributed by atoms with Gasteiger partial charge in [0.05, 0.1) is 0 Å². The average Bonchev–Trinajstić information content (AvgIpc) is 2.66. The summed E-state index contributed by atoms with van der Waals surface area (Å²) in [5.74, 6) is -0.697. The predicted octanol–water partition coefficient (Wildman–Crippen LogP) is 4.04. The zero-order chi connectivity index (χ0) is 18.8. The van der Waals surface area contributed by atoms with Crippen LogP contribution in [-0.2, 0) is 9.59 Å². The number of halogens is 1. The molecule has 0 aliphatic heterocycles. The van der Waals surface area contributed by atoms with E-state index in [9.17, 15) is 9.59 Å². The van der Waals surface area contributed by atoms with E-state index >= 15 is 0 Å². The molecule has 2 amide bonds. The fraction of sp³-hybridized carbons (Fsp3) is 0.143. The van der Waals surface area contributed by atoms with E-state index in [4.69, 9.17) is 11.6 Å². The van der Waals surface area contributed by atoms with E-state index in [-0.39, 0.29) is 17.5 Å². The van der Waals surface area contributed by atoms with Crippen molar-refractivity contribution < 1.29 is 9.59 Å². The second-order valence-corrected chi connectivity index (χ2v) is 6.04. The smallest absolute Gasteiger partial charge is 0.267 e. The third-order valence-electron chi connectivity index (χ3n) is 3.45. The molecule has 134 valence electrons. The van der Waals surface area contributed by atoms with E-state index in [1.54, 1.807) is 36.4 Å². The van der Waals surface area contributed by atoms with Crippen molar-refractivity contribution in [3.8, 4) is 0 Å². The summed E-state index contributed by atoms with van der Waals surface area (Å²) in [7, 11) is 0. The lowest BCUT2D eigenvalue weighted by Crippen LogP contribution is -2.34. The summed E-state index contributed by atoms with van der Waals surface area (Å²) in [6.07, 6.45) is 5.51. The third kappa shape index (κ3) is 6.57. The first kappa shape index (κ1) is 19.5. The van der Waals surface area contributed by atoms with Gasteiger partial charge in [0.15, 0.2) is 0 Å². The highest BCUT2D eigenvalue weighted by Crippen LogP contribution is 2.10. The number of hydrogen-bond donors (Lipinski definition) is 2. The standard InChI is InChI=1S/C21H21ClN2O2/c1-2-14-23-21(26)19(15-17-6-4-3-5-7-17)24-20(25)13-10-16-8-11-18(22)12-9-16/h3-13,15H,2,14H2,1H3,(H,23,26)(H,24,25)/b13-10+,19-15-. The van der Waals surface area contributed by atoms with E-state index < -0.39 is 0 Å². The van der Waals surface area contributed by atoms with Gasteiger partial charge >= 0.3 is 0 Å². The van der Waals surface area contributed by atoms with Crippen LogP contribution >= 0.6 is 11.6 Å². The highest BCUT2D eigenvalue weighted by atomic mass is 35.5.